The maximum atomic E-state index is 13.2. The summed E-state index contributed by atoms with van der Waals surface area (Å²) >= 11 is 0. The van der Waals surface area contributed by atoms with Crippen molar-refractivity contribution in [1.82, 2.24) is 14.5 Å². The second kappa shape index (κ2) is 9.11. The molecule has 0 radical (unpaired) electrons. The highest BCUT2D eigenvalue weighted by molar-refractivity contribution is 5.92. The van der Waals surface area contributed by atoms with Gasteiger partial charge in [-0.3, -0.25) is 4.79 Å². The van der Waals surface area contributed by atoms with E-state index >= 15 is 0 Å². The number of carbonyl (C=O) groups excluding carboxylic acids is 1. The quantitative estimate of drug-likeness (QED) is 0.614. The predicted octanol–water partition coefficient (Wildman–Crippen LogP) is 4.23. The zero-order valence-electron chi connectivity index (χ0n) is 17.1. The molecule has 4 rings (SSSR count). The van der Waals surface area contributed by atoms with E-state index in [0.717, 1.165) is 37.9 Å². The van der Waals surface area contributed by atoms with Gasteiger partial charge in [0.05, 0.1) is 6.33 Å². The summed E-state index contributed by atoms with van der Waals surface area (Å²) in [6.45, 7) is 1.97. The molecule has 5 nitrogen and oxygen atoms in total. The Morgan fingerprint density at radius 2 is 1.87 bits per heavy atom. The molecule has 0 spiro atoms. The molecular formula is C24H26FN3O2. The molecule has 1 aliphatic rings. The molecule has 1 aliphatic heterocycles. The van der Waals surface area contributed by atoms with Crippen LogP contribution >= 0.6 is 0 Å². The van der Waals surface area contributed by atoms with E-state index < -0.39 is 0 Å². The van der Waals surface area contributed by atoms with Crippen molar-refractivity contribution in [1.29, 1.82) is 0 Å². The molecule has 30 heavy (non-hydrogen) atoms. The summed E-state index contributed by atoms with van der Waals surface area (Å²) in [5, 5.41) is 0. The molecule has 6 heteroatoms. The van der Waals surface area contributed by atoms with Crippen molar-refractivity contribution < 1.29 is 13.9 Å². The third kappa shape index (κ3) is 5.06. The Balaban J connectivity index is 1.24. The molecule has 156 valence electrons. The van der Waals surface area contributed by atoms with Crippen molar-refractivity contribution in [3.63, 3.8) is 0 Å². The van der Waals surface area contributed by atoms with Crippen LogP contribution in [0.3, 0.4) is 0 Å². The summed E-state index contributed by atoms with van der Waals surface area (Å²) in [4.78, 5) is 18.6. The van der Waals surface area contributed by atoms with Crippen LogP contribution in [0.1, 0.15) is 34.5 Å². The topological polar surface area (TPSA) is 47.4 Å². The number of halogens is 1. The zero-order valence-corrected chi connectivity index (χ0v) is 17.1. The molecule has 0 unspecified atom stereocenters. The molecule has 1 fully saturated rings. The van der Waals surface area contributed by atoms with Gasteiger partial charge in [-0.2, -0.15) is 0 Å². The Labute approximate surface area is 176 Å². The largest absolute Gasteiger partial charge is 0.489 e. The third-order valence-electron chi connectivity index (χ3n) is 5.57. The van der Waals surface area contributed by atoms with Gasteiger partial charge in [0.2, 0.25) is 0 Å². The Kier molecular flexibility index (Phi) is 6.12. The van der Waals surface area contributed by atoms with Crippen molar-refractivity contribution >= 4 is 5.91 Å². The number of benzene rings is 2. The first-order chi connectivity index (χ1) is 14.6. The van der Waals surface area contributed by atoms with E-state index in [1.54, 1.807) is 29.2 Å². The first kappa shape index (κ1) is 20.1. The van der Waals surface area contributed by atoms with E-state index in [4.69, 9.17) is 4.74 Å². The van der Waals surface area contributed by atoms with Gasteiger partial charge >= 0.3 is 0 Å². The molecule has 2 heterocycles. The number of carbonyl (C=O) groups is 1. The number of hydrogen-bond donors (Lipinski definition) is 0. The average Bonchev–Trinajstić information content (AvgIpc) is 3.20. The lowest BCUT2D eigenvalue weighted by Gasteiger charge is -2.31. The van der Waals surface area contributed by atoms with Crippen molar-refractivity contribution in [3.05, 3.63) is 83.7 Å². The third-order valence-corrected chi connectivity index (χ3v) is 5.57. The lowest BCUT2D eigenvalue weighted by Crippen LogP contribution is -2.39. The normalized spacial score (nSPS) is 14.7. The zero-order chi connectivity index (χ0) is 20.9. The Morgan fingerprint density at radius 1 is 1.13 bits per heavy atom. The number of hydrogen-bond acceptors (Lipinski definition) is 3. The molecular weight excluding hydrogens is 381 g/mol. The van der Waals surface area contributed by atoms with Crippen LogP contribution in [0.5, 0.6) is 5.75 Å². The number of imidazole rings is 1. The number of aryl methyl sites for hydroxylation is 1. The van der Waals surface area contributed by atoms with Gasteiger partial charge in [-0.15, -0.1) is 0 Å². The van der Waals surface area contributed by atoms with Crippen molar-refractivity contribution in [2.24, 2.45) is 13.0 Å². The maximum Gasteiger partial charge on any atom is 0.274 e. The smallest absolute Gasteiger partial charge is 0.274 e. The highest BCUT2D eigenvalue weighted by atomic mass is 19.1. The highest BCUT2D eigenvalue weighted by Crippen LogP contribution is 2.23. The summed E-state index contributed by atoms with van der Waals surface area (Å²) in [7, 11) is 1.87. The fraction of sp³-hybridized carbons (Fsp3) is 0.333. The average molecular weight is 407 g/mol. The minimum atomic E-state index is -0.296. The van der Waals surface area contributed by atoms with Crippen LogP contribution in [0.4, 0.5) is 4.39 Å². The van der Waals surface area contributed by atoms with E-state index in [2.05, 4.69) is 29.2 Å². The SMILES string of the molecule is Cn1cnc(C(=O)N2CCC(Cc3ccc(COc4cccc(F)c4)cc3)CC2)c1. The van der Waals surface area contributed by atoms with Gasteiger partial charge < -0.3 is 14.2 Å². The van der Waals surface area contributed by atoms with Gasteiger partial charge in [-0.25, -0.2) is 9.37 Å². The van der Waals surface area contributed by atoms with Crippen LogP contribution in [0.15, 0.2) is 61.1 Å². The van der Waals surface area contributed by atoms with Gasteiger partial charge in [0, 0.05) is 32.4 Å². The van der Waals surface area contributed by atoms with Crippen molar-refractivity contribution in [2.75, 3.05) is 13.1 Å². The minimum absolute atomic E-state index is 0.0247. The first-order valence-corrected chi connectivity index (χ1v) is 10.3. The first-order valence-electron chi connectivity index (χ1n) is 10.3. The van der Waals surface area contributed by atoms with Gasteiger partial charge in [-0.1, -0.05) is 30.3 Å². The summed E-state index contributed by atoms with van der Waals surface area (Å²) in [5.74, 6) is 0.839. The van der Waals surface area contributed by atoms with E-state index in [1.165, 1.54) is 17.7 Å². The lowest BCUT2D eigenvalue weighted by atomic mass is 9.90. The molecule has 1 saturated heterocycles. The summed E-state index contributed by atoms with van der Waals surface area (Å²) < 4.78 is 20.7. The van der Waals surface area contributed by atoms with E-state index in [9.17, 15) is 9.18 Å². The van der Waals surface area contributed by atoms with Crippen molar-refractivity contribution in [3.8, 4) is 5.75 Å². The number of amides is 1. The van der Waals surface area contributed by atoms with E-state index in [1.807, 2.05) is 11.9 Å². The second-order valence-corrected chi connectivity index (χ2v) is 7.93. The fourth-order valence-corrected chi connectivity index (χ4v) is 3.85. The molecule has 1 amide bonds. The van der Waals surface area contributed by atoms with Crippen LogP contribution in [-0.2, 0) is 20.1 Å². The van der Waals surface area contributed by atoms with Crippen LogP contribution in [0.25, 0.3) is 0 Å². The number of piperidine rings is 1. The van der Waals surface area contributed by atoms with Gasteiger partial charge in [0.25, 0.3) is 5.91 Å². The van der Waals surface area contributed by atoms with Gasteiger partial charge in [0.1, 0.15) is 23.9 Å². The number of ether oxygens (including phenoxy) is 1. The number of nitrogens with zero attached hydrogens (tertiary/aromatic N) is 3. The molecule has 2 aromatic carbocycles. The highest BCUT2D eigenvalue weighted by Gasteiger charge is 2.24. The van der Waals surface area contributed by atoms with Crippen molar-refractivity contribution in [2.45, 2.75) is 25.9 Å². The minimum Gasteiger partial charge on any atom is -0.489 e. The predicted molar refractivity (Wildman–Crippen MR) is 113 cm³/mol. The summed E-state index contributed by atoms with van der Waals surface area (Å²) in [6.07, 6.45) is 6.45. The molecule has 0 bridgehead atoms. The molecule has 1 aromatic heterocycles. The standard InChI is InChI=1S/C24H26FN3O2/c1-27-15-23(26-17-27)24(29)28-11-9-19(10-12-28)13-18-5-7-20(8-6-18)16-30-22-4-2-3-21(25)14-22/h2-8,14-15,17,19H,9-13,16H2,1H3. The van der Waals surface area contributed by atoms with Gasteiger partial charge in [0.15, 0.2) is 0 Å². The summed E-state index contributed by atoms with van der Waals surface area (Å²) in [6, 6.07) is 14.6. The van der Waals surface area contributed by atoms with Crippen LogP contribution in [-0.4, -0.2) is 33.4 Å². The molecule has 0 aliphatic carbocycles. The van der Waals surface area contributed by atoms with Crippen LogP contribution in [0.2, 0.25) is 0 Å². The van der Waals surface area contributed by atoms with Gasteiger partial charge in [-0.05, 0) is 48.4 Å². The van der Waals surface area contributed by atoms with E-state index in [0.29, 0.717) is 24.0 Å². The molecule has 3 aromatic rings. The molecule has 0 N–H and O–H groups in total. The fourth-order valence-electron chi connectivity index (χ4n) is 3.85. The van der Waals surface area contributed by atoms with Crippen LogP contribution in [0, 0.1) is 11.7 Å². The number of rotatable bonds is 6. The summed E-state index contributed by atoms with van der Waals surface area (Å²) in [5.41, 5.74) is 2.87. The van der Waals surface area contributed by atoms with Crippen LogP contribution < -0.4 is 4.74 Å². The Hall–Kier alpha value is -3.15. The lowest BCUT2D eigenvalue weighted by molar-refractivity contribution is 0.0685. The maximum absolute atomic E-state index is 13.2. The molecule has 0 atom stereocenters. The molecule has 0 saturated carbocycles. The number of aromatic nitrogens is 2. The Bertz CT molecular complexity index is 992. The monoisotopic (exact) mass is 407 g/mol. The Morgan fingerprint density at radius 3 is 2.53 bits per heavy atom. The second-order valence-electron chi connectivity index (χ2n) is 7.93. The van der Waals surface area contributed by atoms with E-state index in [-0.39, 0.29) is 11.7 Å². The number of likely N-dealkylation sites (tertiary alicyclic amines) is 1.